The summed E-state index contributed by atoms with van der Waals surface area (Å²) in [6.07, 6.45) is 9.73. The molecule has 0 aliphatic carbocycles. The summed E-state index contributed by atoms with van der Waals surface area (Å²) in [5, 5.41) is 23.0. The molecule has 3 aromatic carbocycles. The number of ether oxygens (including phenoxy) is 2. The molecule has 2 unspecified atom stereocenters. The van der Waals surface area contributed by atoms with Crippen molar-refractivity contribution >= 4 is 22.5 Å². The van der Waals surface area contributed by atoms with Crippen molar-refractivity contribution in [3.05, 3.63) is 60.7 Å². The van der Waals surface area contributed by atoms with E-state index in [1.54, 1.807) is 11.8 Å². The van der Waals surface area contributed by atoms with E-state index in [0.717, 1.165) is 70.6 Å². The lowest BCUT2D eigenvalue weighted by Gasteiger charge is -2.18. The SMILES string of the molecule is CCCCCCC(O)COc1ccc2ccc(OCC(O)CCCCCC)c(Sc3ccccc3)c2c1. The summed E-state index contributed by atoms with van der Waals surface area (Å²) in [4.78, 5) is 2.13. The summed E-state index contributed by atoms with van der Waals surface area (Å²) in [6, 6.07) is 20.4. The van der Waals surface area contributed by atoms with Crippen LogP contribution in [0.4, 0.5) is 0 Å². The molecule has 5 heteroatoms. The van der Waals surface area contributed by atoms with Crippen molar-refractivity contribution in [1.29, 1.82) is 0 Å². The Labute approximate surface area is 227 Å². The molecule has 0 aliphatic heterocycles. The lowest BCUT2D eigenvalue weighted by Crippen LogP contribution is -2.17. The van der Waals surface area contributed by atoms with Crippen LogP contribution in [0.15, 0.2) is 70.5 Å². The van der Waals surface area contributed by atoms with Gasteiger partial charge in [0.25, 0.3) is 0 Å². The Morgan fingerprint density at radius 3 is 1.97 bits per heavy atom. The molecule has 0 heterocycles. The van der Waals surface area contributed by atoms with Gasteiger partial charge in [-0.3, -0.25) is 0 Å². The summed E-state index contributed by atoms with van der Waals surface area (Å²) in [7, 11) is 0. The van der Waals surface area contributed by atoms with Gasteiger partial charge in [0.15, 0.2) is 0 Å². The molecular weight excluding hydrogens is 480 g/mol. The molecule has 0 aliphatic rings. The smallest absolute Gasteiger partial charge is 0.134 e. The lowest BCUT2D eigenvalue weighted by atomic mass is 10.1. The average Bonchev–Trinajstić information content (AvgIpc) is 2.92. The van der Waals surface area contributed by atoms with Crippen LogP contribution in [0.2, 0.25) is 0 Å². The Morgan fingerprint density at radius 2 is 1.32 bits per heavy atom. The fourth-order valence-electron chi connectivity index (χ4n) is 4.32. The maximum atomic E-state index is 10.5. The van der Waals surface area contributed by atoms with E-state index in [1.807, 2.05) is 36.4 Å². The molecule has 2 atom stereocenters. The molecule has 3 aromatic rings. The van der Waals surface area contributed by atoms with Crippen LogP contribution in [0.25, 0.3) is 10.8 Å². The number of hydrogen-bond donors (Lipinski definition) is 2. The largest absolute Gasteiger partial charge is 0.491 e. The highest BCUT2D eigenvalue weighted by Crippen LogP contribution is 2.41. The fourth-order valence-corrected chi connectivity index (χ4v) is 5.37. The second-order valence-electron chi connectivity index (χ2n) is 9.82. The number of rotatable bonds is 18. The van der Waals surface area contributed by atoms with E-state index >= 15 is 0 Å². The van der Waals surface area contributed by atoms with Crippen molar-refractivity contribution in [2.45, 2.75) is 100 Å². The van der Waals surface area contributed by atoms with Crippen molar-refractivity contribution in [3.8, 4) is 11.5 Å². The monoisotopic (exact) mass is 524 g/mol. The molecule has 0 bridgehead atoms. The molecule has 3 rings (SSSR count). The van der Waals surface area contributed by atoms with E-state index in [2.05, 4.69) is 38.1 Å². The molecule has 0 amide bonds. The number of fused-ring (bicyclic) bond motifs is 1. The first-order chi connectivity index (χ1) is 18.1. The first-order valence-electron chi connectivity index (χ1n) is 14.0. The lowest BCUT2D eigenvalue weighted by molar-refractivity contribution is 0.0962. The molecule has 0 radical (unpaired) electrons. The topological polar surface area (TPSA) is 58.9 Å². The van der Waals surface area contributed by atoms with Gasteiger partial charge < -0.3 is 19.7 Å². The van der Waals surface area contributed by atoms with Gasteiger partial charge in [-0.1, -0.05) is 107 Å². The quantitative estimate of drug-likeness (QED) is 0.164. The first-order valence-corrected chi connectivity index (χ1v) is 14.8. The molecule has 0 saturated heterocycles. The summed E-state index contributed by atoms with van der Waals surface area (Å²) in [5.41, 5.74) is 0. The van der Waals surface area contributed by atoms with E-state index in [9.17, 15) is 10.2 Å². The fraction of sp³-hybridized carbons (Fsp3) is 0.500. The minimum Gasteiger partial charge on any atom is -0.491 e. The number of unbranched alkanes of at least 4 members (excludes halogenated alkanes) is 6. The van der Waals surface area contributed by atoms with E-state index in [-0.39, 0.29) is 6.61 Å². The van der Waals surface area contributed by atoms with Crippen molar-refractivity contribution in [2.24, 2.45) is 0 Å². The van der Waals surface area contributed by atoms with Gasteiger partial charge in [-0.15, -0.1) is 0 Å². The second kappa shape index (κ2) is 16.6. The van der Waals surface area contributed by atoms with Crippen LogP contribution in [-0.2, 0) is 0 Å². The van der Waals surface area contributed by atoms with Crippen molar-refractivity contribution < 1.29 is 19.7 Å². The van der Waals surface area contributed by atoms with Crippen LogP contribution < -0.4 is 9.47 Å². The molecule has 2 N–H and O–H groups in total. The van der Waals surface area contributed by atoms with Crippen molar-refractivity contribution in [1.82, 2.24) is 0 Å². The van der Waals surface area contributed by atoms with Gasteiger partial charge in [0.1, 0.15) is 24.7 Å². The molecule has 202 valence electrons. The van der Waals surface area contributed by atoms with Crippen LogP contribution in [0.5, 0.6) is 11.5 Å². The van der Waals surface area contributed by atoms with E-state index < -0.39 is 12.2 Å². The predicted molar refractivity (Wildman–Crippen MR) is 155 cm³/mol. The maximum absolute atomic E-state index is 10.5. The zero-order chi connectivity index (χ0) is 26.3. The first kappa shape index (κ1) is 29.3. The molecule has 0 spiro atoms. The maximum Gasteiger partial charge on any atom is 0.134 e. The summed E-state index contributed by atoms with van der Waals surface area (Å²) in [6.45, 7) is 4.95. The summed E-state index contributed by atoms with van der Waals surface area (Å²) >= 11 is 1.66. The molecule has 0 fully saturated rings. The molecule has 0 aromatic heterocycles. The Bertz CT molecular complexity index is 1030. The Morgan fingerprint density at radius 1 is 0.703 bits per heavy atom. The van der Waals surface area contributed by atoms with Crippen molar-refractivity contribution in [3.63, 3.8) is 0 Å². The van der Waals surface area contributed by atoms with Crippen LogP contribution >= 0.6 is 11.8 Å². The van der Waals surface area contributed by atoms with Gasteiger partial charge in [0.05, 0.1) is 17.1 Å². The second-order valence-corrected chi connectivity index (χ2v) is 10.9. The van der Waals surface area contributed by atoms with Gasteiger partial charge in [-0.2, -0.15) is 0 Å². The normalized spacial score (nSPS) is 13.0. The zero-order valence-corrected chi connectivity index (χ0v) is 23.3. The van der Waals surface area contributed by atoms with E-state index in [4.69, 9.17) is 9.47 Å². The van der Waals surface area contributed by atoms with Crippen molar-refractivity contribution in [2.75, 3.05) is 13.2 Å². The Kier molecular flexibility index (Phi) is 13.2. The van der Waals surface area contributed by atoms with E-state index in [0.29, 0.717) is 6.61 Å². The number of benzene rings is 3. The minimum absolute atomic E-state index is 0.278. The number of aliphatic hydroxyl groups excluding tert-OH is 2. The highest BCUT2D eigenvalue weighted by atomic mass is 32.2. The Hall–Kier alpha value is -2.21. The highest BCUT2D eigenvalue weighted by molar-refractivity contribution is 7.99. The number of aliphatic hydroxyl groups is 2. The highest BCUT2D eigenvalue weighted by Gasteiger charge is 2.15. The molecular formula is C32H44O4S. The van der Waals surface area contributed by atoms with Gasteiger partial charge in [0.2, 0.25) is 0 Å². The Balaban J connectivity index is 1.74. The summed E-state index contributed by atoms with van der Waals surface area (Å²) in [5.74, 6) is 1.50. The summed E-state index contributed by atoms with van der Waals surface area (Å²) < 4.78 is 12.2. The third-order valence-corrected chi connectivity index (χ3v) is 7.66. The van der Waals surface area contributed by atoms with Gasteiger partial charge in [-0.05, 0) is 48.6 Å². The minimum atomic E-state index is -0.476. The number of hydrogen-bond acceptors (Lipinski definition) is 5. The van der Waals surface area contributed by atoms with Gasteiger partial charge in [-0.25, -0.2) is 0 Å². The van der Waals surface area contributed by atoms with Crippen LogP contribution in [0.1, 0.15) is 78.1 Å². The zero-order valence-electron chi connectivity index (χ0n) is 22.5. The molecule has 0 saturated carbocycles. The van der Waals surface area contributed by atoms with Crippen LogP contribution in [-0.4, -0.2) is 35.6 Å². The molecule has 37 heavy (non-hydrogen) atoms. The predicted octanol–water partition coefficient (Wildman–Crippen LogP) is 8.41. The van der Waals surface area contributed by atoms with Crippen LogP contribution in [0.3, 0.4) is 0 Å². The van der Waals surface area contributed by atoms with Gasteiger partial charge >= 0.3 is 0 Å². The third kappa shape index (κ3) is 10.2. The average molecular weight is 525 g/mol. The standard InChI is InChI=1S/C32H44O4S/c1-3-5-7-10-14-26(33)23-35-28-20-18-25-19-21-31(36-24-27(34)15-11-8-6-4-2)32(30(25)22-28)37-29-16-12-9-13-17-29/h9,12-13,16-22,26-27,33-34H,3-8,10-11,14-15,23-24H2,1-2H3. The molecule has 4 nitrogen and oxygen atoms in total. The van der Waals surface area contributed by atoms with Gasteiger partial charge in [0, 0.05) is 10.3 Å². The third-order valence-electron chi connectivity index (χ3n) is 6.53. The van der Waals surface area contributed by atoms with Crippen LogP contribution in [0, 0.1) is 0 Å². The van der Waals surface area contributed by atoms with E-state index in [1.165, 1.54) is 25.7 Å².